The number of rotatable bonds is 1. The number of hydrogen-bond acceptors (Lipinski definition) is 3. The summed E-state index contributed by atoms with van der Waals surface area (Å²) in [6, 6.07) is 14.3. The van der Waals surface area contributed by atoms with Crippen molar-refractivity contribution in [3.63, 3.8) is 0 Å². The van der Waals surface area contributed by atoms with Crippen molar-refractivity contribution in [2.75, 3.05) is 23.8 Å². The first-order valence-electron chi connectivity index (χ1n) is 6.56. The fourth-order valence-electron chi connectivity index (χ4n) is 2.56. The predicted molar refractivity (Wildman–Crippen MR) is 78.6 cm³/mol. The molecular formula is C16H18N2O. The molecule has 0 amide bonds. The summed E-state index contributed by atoms with van der Waals surface area (Å²) in [6.45, 7) is 4.57. The molecule has 0 radical (unpaired) electrons. The van der Waals surface area contributed by atoms with Crippen LogP contribution < -0.4 is 15.4 Å². The SMILES string of the molecule is Cc1cc(N)ccc1N1CCOc2ccccc2C1. The quantitative estimate of drug-likeness (QED) is 0.795. The van der Waals surface area contributed by atoms with Crippen LogP contribution in [0, 0.1) is 6.92 Å². The molecule has 1 aliphatic heterocycles. The highest BCUT2D eigenvalue weighted by atomic mass is 16.5. The molecule has 0 bridgehead atoms. The maximum absolute atomic E-state index is 5.82. The van der Waals surface area contributed by atoms with Crippen LogP contribution in [-0.2, 0) is 6.54 Å². The standard InChI is InChI=1S/C16H18N2O/c1-12-10-14(17)6-7-15(12)18-8-9-19-16-5-3-2-4-13(16)11-18/h2-7,10H,8-9,11,17H2,1H3. The molecule has 3 rings (SSSR count). The summed E-state index contributed by atoms with van der Waals surface area (Å²) in [4.78, 5) is 2.35. The summed E-state index contributed by atoms with van der Waals surface area (Å²) in [5.74, 6) is 0.998. The topological polar surface area (TPSA) is 38.5 Å². The van der Waals surface area contributed by atoms with Crippen molar-refractivity contribution < 1.29 is 4.74 Å². The molecule has 2 aromatic rings. The first-order chi connectivity index (χ1) is 9.24. The highest BCUT2D eigenvalue weighted by Gasteiger charge is 2.16. The van der Waals surface area contributed by atoms with Gasteiger partial charge in [-0.05, 0) is 36.8 Å². The third kappa shape index (κ3) is 2.36. The van der Waals surface area contributed by atoms with E-state index in [2.05, 4.69) is 30.0 Å². The summed E-state index contributed by atoms with van der Waals surface area (Å²) in [5, 5.41) is 0. The summed E-state index contributed by atoms with van der Waals surface area (Å²) in [5.41, 5.74) is 10.3. The lowest BCUT2D eigenvalue weighted by molar-refractivity contribution is 0.331. The van der Waals surface area contributed by atoms with E-state index in [4.69, 9.17) is 10.5 Å². The van der Waals surface area contributed by atoms with Gasteiger partial charge in [-0.3, -0.25) is 0 Å². The Labute approximate surface area is 113 Å². The van der Waals surface area contributed by atoms with Crippen LogP contribution in [0.25, 0.3) is 0 Å². The maximum Gasteiger partial charge on any atom is 0.124 e. The van der Waals surface area contributed by atoms with Crippen molar-refractivity contribution in [2.45, 2.75) is 13.5 Å². The second-order valence-corrected chi connectivity index (χ2v) is 4.92. The summed E-state index contributed by atoms with van der Waals surface area (Å²) >= 11 is 0. The van der Waals surface area contributed by atoms with Crippen molar-refractivity contribution in [1.29, 1.82) is 0 Å². The van der Waals surface area contributed by atoms with Crippen molar-refractivity contribution in [2.24, 2.45) is 0 Å². The molecule has 19 heavy (non-hydrogen) atoms. The van der Waals surface area contributed by atoms with Crippen LogP contribution in [0.5, 0.6) is 5.75 Å². The molecule has 3 heteroatoms. The number of hydrogen-bond donors (Lipinski definition) is 1. The van der Waals surface area contributed by atoms with Gasteiger partial charge >= 0.3 is 0 Å². The summed E-state index contributed by atoms with van der Waals surface area (Å²) in [7, 11) is 0. The zero-order valence-corrected chi connectivity index (χ0v) is 11.1. The molecule has 0 aliphatic carbocycles. The molecular weight excluding hydrogens is 236 g/mol. The number of fused-ring (bicyclic) bond motifs is 1. The average Bonchev–Trinajstić information content (AvgIpc) is 2.60. The Bertz CT molecular complexity index is 595. The van der Waals surface area contributed by atoms with E-state index in [1.54, 1.807) is 0 Å². The van der Waals surface area contributed by atoms with Gasteiger partial charge in [-0.1, -0.05) is 18.2 Å². The van der Waals surface area contributed by atoms with E-state index < -0.39 is 0 Å². The second-order valence-electron chi connectivity index (χ2n) is 4.92. The van der Waals surface area contributed by atoms with Gasteiger partial charge in [-0.2, -0.15) is 0 Å². The molecule has 0 spiro atoms. The molecule has 0 unspecified atom stereocenters. The molecule has 98 valence electrons. The van der Waals surface area contributed by atoms with Gasteiger partial charge in [0.05, 0.1) is 6.54 Å². The molecule has 0 saturated carbocycles. The third-order valence-corrected chi connectivity index (χ3v) is 3.51. The van der Waals surface area contributed by atoms with Crippen LogP contribution in [0.1, 0.15) is 11.1 Å². The Balaban J connectivity index is 1.94. The largest absolute Gasteiger partial charge is 0.491 e. The van der Waals surface area contributed by atoms with Crippen molar-refractivity contribution in [1.82, 2.24) is 0 Å². The first-order valence-corrected chi connectivity index (χ1v) is 6.56. The number of para-hydroxylation sites is 1. The lowest BCUT2D eigenvalue weighted by Gasteiger charge is -2.24. The fraction of sp³-hybridized carbons (Fsp3) is 0.250. The molecule has 3 nitrogen and oxygen atoms in total. The van der Waals surface area contributed by atoms with E-state index in [1.807, 2.05) is 24.3 Å². The fourth-order valence-corrected chi connectivity index (χ4v) is 2.56. The Kier molecular flexibility index (Phi) is 3.03. The predicted octanol–water partition coefficient (Wildman–Crippen LogP) is 2.98. The van der Waals surface area contributed by atoms with Crippen LogP contribution in [-0.4, -0.2) is 13.2 Å². The van der Waals surface area contributed by atoms with Gasteiger partial charge in [0.1, 0.15) is 12.4 Å². The normalized spacial score (nSPS) is 14.5. The molecule has 1 heterocycles. The molecule has 1 aliphatic rings. The van der Waals surface area contributed by atoms with E-state index in [-0.39, 0.29) is 0 Å². The van der Waals surface area contributed by atoms with Gasteiger partial charge in [0, 0.05) is 23.5 Å². The minimum Gasteiger partial charge on any atom is -0.491 e. The highest BCUT2D eigenvalue weighted by molar-refractivity contribution is 5.60. The molecule has 0 saturated heterocycles. The Morgan fingerprint density at radius 3 is 2.84 bits per heavy atom. The zero-order valence-electron chi connectivity index (χ0n) is 11.1. The van der Waals surface area contributed by atoms with Gasteiger partial charge in [0.2, 0.25) is 0 Å². The summed E-state index contributed by atoms with van der Waals surface area (Å²) in [6.07, 6.45) is 0. The lowest BCUT2D eigenvalue weighted by atomic mass is 10.1. The lowest BCUT2D eigenvalue weighted by Crippen LogP contribution is -2.25. The molecule has 2 N–H and O–H groups in total. The van der Waals surface area contributed by atoms with E-state index in [0.717, 1.165) is 24.5 Å². The number of nitrogens with two attached hydrogens (primary N) is 1. The maximum atomic E-state index is 5.82. The minimum absolute atomic E-state index is 0.709. The van der Waals surface area contributed by atoms with E-state index >= 15 is 0 Å². The molecule has 2 aromatic carbocycles. The summed E-state index contributed by atoms with van der Waals surface area (Å²) < 4.78 is 5.80. The molecule has 0 aromatic heterocycles. The van der Waals surface area contributed by atoms with Gasteiger partial charge in [0.25, 0.3) is 0 Å². The zero-order chi connectivity index (χ0) is 13.2. The second kappa shape index (κ2) is 4.84. The van der Waals surface area contributed by atoms with Gasteiger partial charge in [-0.25, -0.2) is 0 Å². The van der Waals surface area contributed by atoms with Crippen LogP contribution >= 0.6 is 0 Å². The molecule has 0 fully saturated rings. The Morgan fingerprint density at radius 2 is 2.00 bits per heavy atom. The van der Waals surface area contributed by atoms with Crippen molar-refractivity contribution >= 4 is 11.4 Å². The average molecular weight is 254 g/mol. The Morgan fingerprint density at radius 1 is 1.16 bits per heavy atom. The smallest absolute Gasteiger partial charge is 0.124 e. The van der Waals surface area contributed by atoms with Gasteiger partial charge in [-0.15, -0.1) is 0 Å². The third-order valence-electron chi connectivity index (χ3n) is 3.51. The number of ether oxygens (including phenoxy) is 1. The first kappa shape index (κ1) is 11.9. The number of benzene rings is 2. The van der Waals surface area contributed by atoms with E-state index in [1.165, 1.54) is 16.8 Å². The number of anilines is 2. The highest BCUT2D eigenvalue weighted by Crippen LogP contribution is 2.28. The molecule has 0 atom stereocenters. The monoisotopic (exact) mass is 254 g/mol. The number of nitrogen functional groups attached to an aromatic ring is 1. The number of aryl methyl sites for hydroxylation is 1. The minimum atomic E-state index is 0.709. The van der Waals surface area contributed by atoms with Crippen LogP contribution in [0.15, 0.2) is 42.5 Å². The van der Waals surface area contributed by atoms with Crippen LogP contribution in [0.4, 0.5) is 11.4 Å². The number of nitrogens with zero attached hydrogens (tertiary/aromatic N) is 1. The van der Waals surface area contributed by atoms with Crippen molar-refractivity contribution in [3.8, 4) is 5.75 Å². The van der Waals surface area contributed by atoms with E-state index in [0.29, 0.717) is 6.61 Å². The van der Waals surface area contributed by atoms with E-state index in [9.17, 15) is 0 Å². The Hall–Kier alpha value is -2.16. The van der Waals surface area contributed by atoms with Crippen LogP contribution in [0.3, 0.4) is 0 Å². The van der Waals surface area contributed by atoms with Gasteiger partial charge < -0.3 is 15.4 Å². The van der Waals surface area contributed by atoms with Crippen LogP contribution in [0.2, 0.25) is 0 Å². The van der Waals surface area contributed by atoms with Crippen molar-refractivity contribution in [3.05, 3.63) is 53.6 Å². The van der Waals surface area contributed by atoms with Gasteiger partial charge in [0.15, 0.2) is 0 Å².